The highest BCUT2D eigenvalue weighted by Gasteiger charge is 2.22. The Morgan fingerprint density at radius 1 is 1.29 bits per heavy atom. The van der Waals surface area contributed by atoms with Crippen molar-refractivity contribution in [2.24, 2.45) is 5.92 Å². The summed E-state index contributed by atoms with van der Waals surface area (Å²) in [4.78, 5) is 17.0. The Labute approximate surface area is 167 Å². The molecular weight excluding hydrogens is 372 g/mol. The topological polar surface area (TPSA) is 91.8 Å². The number of carbonyl (C=O) groups excluding carboxylic acids is 1. The molecule has 0 amide bonds. The number of carbonyl (C=O) groups is 1. The Kier molecular flexibility index (Phi) is 6.12. The van der Waals surface area contributed by atoms with Gasteiger partial charge in [0.2, 0.25) is 0 Å². The van der Waals surface area contributed by atoms with Gasteiger partial charge in [-0.15, -0.1) is 0 Å². The predicted molar refractivity (Wildman–Crippen MR) is 110 cm³/mol. The highest BCUT2D eigenvalue weighted by molar-refractivity contribution is 7.99. The standard InChI is InChI=1S/C21H20N4O2S/c1-3-27-16-10-8-15(9-11-16)25-19-7-5-4-6-18(19)24-21(25)28-13-20(26)17(12-22)14(2)23/h4-11,17,23H,3,13H2,1-2H3/t17-/m1/s1. The number of hydrogen-bond donors (Lipinski definition) is 1. The summed E-state index contributed by atoms with van der Waals surface area (Å²) in [7, 11) is 0. The van der Waals surface area contributed by atoms with E-state index >= 15 is 0 Å². The van der Waals surface area contributed by atoms with Crippen molar-refractivity contribution in [2.45, 2.75) is 19.0 Å². The zero-order valence-corrected chi connectivity index (χ0v) is 16.5. The maximum atomic E-state index is 12.3. The molecule has 2 aromatic carbocycles. The fourth-order valence-corrected chi connectivity index (χ4v) is 3.77. The first-order valence-corrected chi connectivity index (χ1v) is 9.84. The minimum absolute atomic E-state index is 0.0631. The number of ketones is 1. The lowest BCUT2D eigenvalue weighted by Gasteiger charge is -2.11. The number of rotatable bonds is 8. The van der Waals surface area contributed by atoms with E-state index in [1.165, 1.54) is 18.7 Å². The van der Waals surface area contributed by atoms with Gasteiger partial charge in [-0.2, -0.15) is 5.26 Å². The largest absolute Gasteiger partial charge is 0.494 e. The molecule has 6 nitrogen and oxygen atoms in total. The van der Waals surface area contributed by atoms with E-state index in [0.29, 0.717) is 11.8 Å². The lowest BCUT2D eigenvalue weighted by atomic mass is 10.0. The molecule has 1 aromatic heterocycles. The molecule has 0 saturated heterocycles. The number of nitrogens with one attached hydrogen (secondary N) is 1. The molecule has 0 aliphatic heterocycles. The Morgan fingerprint density at radius 3 is 2.64 bits per heavy atom. The highest BCUT2D eigenvalue weighted by atomic mass is 32.2. The zero-order valence-electron chi connectivity index (χ0n) is 15.7. The number of nitrogens with zero attached hydrogens (tertiary/aromatic N) is 3. The molecule has 3 rings (SSSR count). The van der Waals surface area contributed by atoms with Crippen molar-refractivity contribution in [1.29, 1.82) is 10.7 Å². The van der Waals surface area contributed by atoms with Crippen molar-refractivity contribution in [3.8, 4) is 17.5 Å². The van der Waals surface area contributed by atoms with Gasteiger partial charge in [-0.3, -0.25) is 9.36 Å². The van der Waals surface area contributed by atoms with Crippen molar-refractivity contribution in [3.63, 3.8) is 0 Å². The normalized spacial score (nSPS) is 11.8. The summed E-state index contributed by atoms with van der Waals surface area (Å²) in [5, 5.41) is 17.4. The lowest BCUT2D eigenvalue weighted by molar-refractivity contribution is -0.117. The van der Waals surface area contributed by atoms with Crippen LogP contribution in [0.5, 0.6) is 5.75 Å². The second-order valence-electron chi connectivity index (χ2n) is 6.15. The number of thioether (sulfide) groups is 1. The van der Waals surface area contributed by atoms with Gasteiger partial charge in [-0.1, -0.05) is 23.9 Å². The molecule has 3 aromatic rings. The summed E-state index contributed by atoms with van der Waals surface area (Å²) < 4.78 is 7.50. The number of para-hydroxylation sites is 2. The van der Waals surface area contributed by atoms with Crippen LogP contribution in [-0.2, 0) is 4.79 Å². The summed E-state index contributed by atoms with van der Waals surface area (Å²) in [6, 6.07) is 17.4. The maximum Gasteiger partial charge on any atom is 0.174 e. The molecule has 0 bridgehead atoms. The van der Waals surface area contributed by atoms with Gasteiger partial charge in [0.25, 0.3) is 0 Å². The first kappa shape index (κ1) is 19.6. The van der Waals surface area contributed by atoms with E-state index in [4.69, 9.17) is 15.4 Å². The third-order valence-electron chi connectivity index (χ3n) is 4.16. The van der Waals surface area contributed by atoms with Crippen LogP contribution in [0, 0.1) is 22.7 Å². The van der Waals surface area contributed by atoms with Gasteiger partial charge in [0.05, 0.1) is 29.5 Å². The van der Waals surface area contributed by atoms with Crippen LogP contribution in [-0.4, -0.2) is 33.4 Å². The average molecular weight is 392 g/mol. The molecule has 7 heteroatoms. The number of ether oxygens (including phenoxy) is 1. The molecule has 0 saturated carbocycles. The van der Waals surface area contributed by atoms with Crippen LogP contribution in [0.2, 0.25) is 0 Å². The van der Waals surface area contributed by atoms with E-state index in [0.717, 1.165) is 22.5 Å². The van der Waals surface area contributed by atoms with Gasteiger partial charge < -0.3 is 10.1 Å². The smallest absolute Gasteiger partial charge is 0.174 e. The van der Waals surface area contributed by atoms with Gasteiger partial charge in [0.1, 0.15) is 11.7 Å². The predicted octanol–water partition coefficient (Wildman–Crippen LogP) is 4.26. The zero-order chi connectivity index (χ0) is 20.1. The van der Waals surface area contributed by atoms with Gasteiger partial charge in [0.15, 0.2) is 10.9 Å². The van der Waals surface area contributed by atoms with Gasteiger partial charge >= 0.3 is 0 Å². The Morgan fingerprint density at radius 2 is 2.00 bits per heavy atom. The monoisotopic (exact) mass is 392 g/mol. The van der Waals surface area contributed by atoms with Crippen LogP contribution in [0.3, 0.4) is 0 Å². The second-order valence-corrected chi connectivity index (χ2v) is 7.09. The van der Waals surface area contributed by atoms with Gasteiger partial charge in [-0.25, -0.2) is 4.98 Å². The summed E-state index contributed by atoms with van der Waals surface area (Å²) >= 11 is 1.27. The van der Waals surface area contributed by atoms with E-state index in [2.05, 4.69) is 4.98 Å². The van der Waals surface area contributed by atoms with Crippen molar-refractivity contribution in [2.75, 3.05) is 12.4 Å². The third-order valence-corrected chi connectivity index (χ3v) is 5.12. The van der Waals surface area contributed by atoms with E-state index in [1.807, 2.05) is 66.1 Å². The molecular formula is C21H20N4O2S. The summed E-state index contributed by atoms with van der Waals surface area (Å²) in [5.74, 6) is -0.422. The first-order chi connectivity index (χ1) is 13.5. The molecule has 0 aliphatic carbocycles. The summed E-state index contributed by atoms with van der Waals surface area (Å²) in [5.41, 5.74) is 2.73. The van der Waals surface area contributed by atoms with E-state index in [9.17, 15) is 4.79 Å². The van der Waals surface area contributed by atoms with Crippen LogP contribution >= 0.6 is 11.8 Å². The van der Waals surface area contributed by atoms with E-state index < -0.39 is 5.92 Å². The third kappa shape index (κ3) is 4.07. The SMILES string of the molecule is CCOc1ccc(-n2c(SCC(=O)[C@H](C#N)C(C)=N)nc3ccccc32)cc1. The fourth-order valence-electron chi connectivity index (χ4n) is 2.84. The minimum atomic E-state index is -1.00. The molecule has 0 radical (unpaired) electrons. The Bertz CT molecular complexity index is 1050. The molecule has 1 N–H and O–H groups in total. The minimum Gasteiger partial charge on any atom is -0.494 e. The number of aromatic nitrogens is 2. The van der Waals surface area contributed by atoms with Crippen molar-refractivity contribution < 1.29 is 9.53 Å². The van der Waals surface area contributed by atoms with Crippen LogP contribution in [0.1, 0.15) is 13.8 Å². The van der Waals surface area contributed by atoms with Crippen molar-refractivity contribution in [3.05, 3.63) is 48.5 Å². The summed E-state index contributed by atoms with van der Waals surface area (Å²) in [6.45, 7) is 4.02. The Balaban J connectivity index is 1.94. The molecule has 0 spiro atoms. The number of imidazole rings is 1. The molecule has 142 valence electrons. The number of benzene rings is 2. The van der Waals surface area contributed by atoms with E-state index in [1.54, 1.807) is 0 Å². The van der Waals surface area contributed by atoms with Gasteiger partial charge in [-0.05, 0) is 50.2 Å². The lowest BCUT2D eigenvalue weighted by Crippen LogP contribution is -2.21. The number of hydrogen-bond acceptors (Lipinski definition) is 6. The number of Topliss-reactive ketones (excluding diaryl/α,β-unsaturated/α-hetero) is 1. The van der Waals surface area contributed by atoms with Crippen molar-refractivity contribution in [1.82, 2.24) is 9.55 Å². The highest BCUT2D eigenvalue weighted by Crippen LogP contribution is 2.29. The maximum absolute atomic E-state index is 12.3. The number of nitriles is 1. The average Bonchev–Trinajstić information content (AvgIpc) is 3.06. The molecule has 1 atom stereocenters. The molecule has 0 unspecified atom stereocenters. The van der Waals surface area contributed by atoms with Gasteiger partial charge in [0, 0.05) is 11.4 Å². The molecule has 28 heavy (non-hydrogen) atoms. The van der Waals surface area contributed by atoms with Crippen LogP contribution < -0.4 is 4.74 Å². The van der Waals surface area contributed by atoms with Crippen LogP contribution in [0.15, 0.2) is 53.7 Å². The van der Waals surface area contributed by atoms with E-state index in [-0.39, 0.29) is 17.2 Å². The van der Waals surface area contributed by atoms with Crippen LogP contribution in [0.25, 0.3) is 16.7 Å². The fraction of sp³-hybridized carbons (Fsp3) is 0.238. The Hall–Kier alpha value is -3.11. The van der Waals surface area contributed by atoms with Crippen LogP contribution in [0.4, 0.5) is 0 Å². The van der Waals surface area contributed by atoms with Crippen molar-refractivity contribution >= 4 is 34.3 Å². The quantitative estimate of drug-likeness (QED) is 0.457. The second kappa shape index (κ2) is 8.72. The molecule has 1 heterocycles. The first-order valence-electron chi connectivity index (χ1n) is 8.86. The number of fused-ring (bicyclic) bond motifs is 1. The molecule has 0 fully saturated rings. The molecule has 0 aliphatic rings. The summed E-state index contributed by atoms with van der Waals surface area (Å²) in [6.07, 6.45) is 0.